The minimum Gasteiger partial charge on any atom is -0.497 e. The second kappa shape index (κ2) is 11.9. The number of esters is 1. The molecule has 3 heterocycles. The zero-order valence-corrected chi connectivity index (χ0v) is 25.7. The van der Waals surface area contributed by atoms with Crippen molar-refractivity contribution >= 4 is 51.7 Å². The van der Waals surface area contributed by atoms with Crippen molar-refractivity contribution in [3.05, 3.63) is 137 Å². The molecule has 1 atom stereocenters. The van der Waals surface area contributed by atoms with E-state index >= 15 is 0 Å². The maximum Gasteiger partial charge on any atom is 0.338 e. The molecule has 0 amide bonds. The van der Waals surface area contributed by atoms with E-state index in [0.29, 0.717) is 37.9 Å². The van der Waals surface area contributed by atoms with Gasteiger partial charge in [0.15, 0.2) is 4.80 Å². The zero-order chi connectivity index (χ0) is 29.2. The van der Waals surface area contributed by atoms with Gasteiger partial charge in [0, 0.05) is 20.8 Å². The fourth-order valence-electron chi connectivity index (χ4n) is 4.90. The molecular weight excluding hydrogens is 663 g/mol. The van der Waals surface area contributed by atoms with Crippen LogP contribution >= 0.6 is 33.9 Å². The molecular formula is C33H25IN2O5S. The third-order valence-corrected chi connectivity index (χ3v) is 8.51. The second-order valence-corrected chi connectivity index (χ2v) is 11.7. The van der Waals surface area contributed by atoms with Crippen LogP contribution in [0.1, 0.15) is 29.9 Å². The van der Waals surface area contributed by atoms with Crippen LogP contribution in [0.25, 0.3) is 23.1 Å². The highest BCUT2D eigenvalue weighted by Gasteiger charge is 2.35. The molecule has 5 aromatic rings. The molecule has 0 saturated heterocycles. The maximum atomic E-state index is 14.1. The van der Waals surface area contributed by atoms with E-state index in [-0.39, 0.29) is 17.7 Å². The summed E-state index contributed by atoms with van der Waals surface area (Å²) in [6.07, 6.45) is 1.72. The first-order valence-corrected chi connectivity index (χ1v) is 15.1. The highest BCUT2D eigenvalue weighted by atomic mass is 127. The summed E-state index contributed by atoms with van der Waals surface area (Å²) in [6, 6.07) is 27.8. The molecule has 0 bridgehead atoms. The lowest BCUT2D eigenvalue weighted by atomic mass is 9.93. The van der Waals surface area contributed by atoms with Crippen LogP contribution in [0.5, 0.6) is 5.75 Å². The number of carbonyl (C=O) groups excluding carboxylic acids is 1. The van der Waals surface area contributed by atoms with E-state index in [1.54, 1.807) is 24.7 Å². The Morgan fingerprint density at radius 3 is 2.55 bits per heavy atom. The molecule has 9 heteroatoms. The molecule has 42 heavy (non-hydrogen) atoms. The van der Waals surface area contributed by atoms with Crippen LogP contribution in [0, 0.1) is 3.57 Å². The van der Waals surface area contributed by atoms with Gasteiger partial charge >= 0.3 is 5.97 Å². The number of aromatic nitrogens is 1. The third-order valence-electron chi connectivity index (χ3n) is 6.81. The number of halogens is 1. The highest BCUT2D eigenvalue weighted by molar-refractivity contribution is 14.1. The molecule has 1 aliphatic heterocycles. The van der Waals surface area contributed by atoms with E-state index in [1.807, 2.05) is 91.0 Å². The summed E-state index contributed by atoms with van der Waals surface area (Å²) in [5.41, 5.74) is 2.86. The van der Waals surface area contributed by atoms with Crippen LogP contribution in [0.15, 0.2) is 111 Å². The average molecular weight is 689 g/mol. The van der Waals surface area contributed by atoms with Crippen LogP contribution in [0.4, 0.5) is 0 Å². The molecule has 7 nitrogen and oxygen atoms in total. The number of hydrogen-bond acceptors (Lipinski definition) is 7. The standard InChI is InChI=1S/C33H25IN2O5S/c1-3-40-32(38)28-29(21-8-5-4-6-9-21)35-33-36(30(28)22-10-7-11-24(18-22)39-2)31(37)27(42-33)19-25-16-17-26(41-25)20-12-14-23(34)15-13-20/h4-19,30H,3H2,1-2H3/b27-19-/t30-/m0/s1. The predicted molar refractivity (Wildman–Crippen MR) is 171 cm³/mol. The Morgan fingerprint density at radius 2 is 1.81 bits per heavy atom. The fraction of sp³-hybridized carbons (Fsp3) is 0.121. The summed E-state index contributed by atoms with van der Waals surface area (Å²) in [4.78, 5) is 33.0. The number of rotatable bonds is 7. The lowest BCUT2D eigenvalue weighted by Crippen LogP contribution is -2.40. The van der Waals surface area contributed by atoms with Crippen LogP contribution in [-0.2, 0) is 9.53 Å². The fourth-order valence-corrected chi connectivity index (χ4v) is 6.24. The second-order valence-electron chi connectivity index (χ2n) is 9.42. The van der Waals surface area contributed by atoms with Gasteiger partial charge in [-0.3, -0.25) is 9.36 Å². The van der Waals surface area contributed by atoms with Gasteiger partial charge in [0.25, 0.3) is 5.56 Å². The van der Waals surface area contributed by atoms with Crippen LogP contribution in [-0.4, -0.2) is 24.3 Å². The van der Waals surface area contributed by atoms with Gasteiger partial charge in [0.2, 0.25) is 0 Å². The number of hydrogen-bond donors (Lipinski definition) is 0. The summed E-state index contributed by atoms with van der Waals surface area (Å²) in [7, 11) is 1.58. The molecule has 0 saturated carbocycles. The SMILES string of the molecule is CCOC(=O)C1=C(c2ccccc2)N=c2s/c(=C\c3ccc(-c4ccc(I)cc4)o3)c(=O)n2[C@H]1c1cccc(OC)c1. The number of methoxy groups -OCH3 is 1. The van der Waals surface area contributed by atoms with Gasteiger partial charge in [-0.05, 0) is 71.5 Å². The van der Waals surface area contributed by atoms with Gasteiger partial charge in [0.05, 0.1) is 35.6 Å². The zero-order valence-electron chi connectivity index (χ0n) is 22.7. The van der Waals surface area contributed by atoms with Crippen LogP contribution in [0.3, 0.4) is 0 Å². The summed E-state index contributed by atoms with van der Waals surface area (Å²) in [6.45, 7) is 1.94. The molecule has 2 aromatic heterocycles. The van der Waals surface area contributed by atoms with Gasteiger partial charge < -0.3 is 13.9 Å². The van der Waals surface area contributed by atoms with Gasteiger partial charge in [0.1, 0.15) is 17.3 Å². The van der Waals surface area contributed by atoms with E-state index < -0.39 is 12.0 Å². The number of furan rings is 1. The number of carbonyl (C=O) groups is 1. The number of fused-ring (bicyclic) bond motifs is 1. The summed E-state index contributed by atoms with van der Waals surface area (Å²) < 4.78 is 20.2. The predicted octanol–water partition coefficient (Wildman–Crippen LogP) is 5.81. The number of nitrogens with zero attached hydrogens (tertiary/aromatic N) is 2. The Kier molecular flexibility index (Phi) is 7.94. The Morgan fingerprint density at radius 1 is 1.02 bits per heavy atom. The Bertz CT molecular complexity index is 1990. The van der Waals surface area contributed by atoms with Crippen molar-refractivity contribution in [2.24, 2.45) is 4.99 Å². The molecule has 0 fully saturated rings. The minimum atomic E-state index is -0.785. The molecule has 0 radical (unpaired) electrons. The first-order valence-electron chi connectivity index (χ1n) is 13.2. The van der Waals surface area contributed by atoms with E-state index in [2.05, 4.69) is 22.6 Å². The van der Waals surface area contributed by atoms with Gasteiger partial charge in [-0.2, -0.15) is 0 Å². The first kappa shape index (κ1) is 27.9. The summed E-state index contributed by atoms with van der Waals surface area (Å²) >= 11 is 3.51. The lowest BCUT2D eigenvalue weighted by molar-refractivity contribution is -0.138. The molecule has 0 unspecified atom stereocenters. The maximum absolute atomic E-state index is 14.1. The first-order chi connectivity index (χ1) is 20.5. The van der Waals surface area contributed by atoms with Crippen molar-refractivity contribution in [1.29, 1.82) is 0 Å². The Balaban J connectivity index is 1.57. The number of benzene rings is 3. The molecule has 0 spiro atoms. The van der Waals surface area contributed by atoms with Crippen molar-refractivity contribution in [3.8, 4) is 17.1 Å². The number of ether oxygens (including phenoxy) is 2. The Hall–Kier alpha value is -4.22. The molecule has 210 valence electrons. The van der Waals surface area contributed by atoms with Crippen LogP contribution in [0.2, 0.25) is 0 Å². The monoisotopic (exact) mass is 688 g/mol. The van der Waals surface area contributed by atoms with Gasteiger partial charge in [-0.1, -0.05) is 65.9 Å². The molecule has 0 aliphatic carbocycles. The minimum absolute atomic E-state index is 0.182. The molecule has 6 rings (SSSR count). The average Bonchev–Trinajstić information content (AvgIpc) is 3.61. The van der Waals surface area contributed by atoms with E-state index in [0.717, 1.165) is 14.7 Å². The Labute approximate surface area is 259 Å². The third kappa shape index (κ3) is 5.37. The molecule has 0 N–H and O–H groups in total. The van der Waals surface area contributed by atoms with Gasteiger partial charge in [-0.15, -0.1) is 0 Å². The topological polar surface area (TPSA) is 83.0 Å². The van der Waals surface area contributed by atoms with Gasteiger partial charge in [-0.25, -0.2) is 9.79 Å². The van der Waals surface area contributed by atoms with Crippen LogP contribution < -0.4 is 19.6 Å². The summed E-state index contributed by atoms with van der Waals surface area (Å²) in [5, 5.41) is 0. The lowest BCUT2D eigenvalue weighted by Gasteiger charge is -2.26. The highest BCUT2D eigenvalue weighted by Crippen LogP contribution is 2.36. The van der Waals surface area contributed by atoms with Crippen molar-refractivity contribution < 1.29 is 18.7 Å². The van der Waals surface area contributed by atoms with Crippen molar-refractivity contribution in [1.82, 2.24) is 4.57 Å². The van der Waals surface area contributed by atoms with Crippen molar-refractivity contribution in [3.63, 3.8) is 0 Å². The molecule has 1 aliphatic rings. The van der Waals surface area contributed by atoms with E-state index in [1.165, 1.54) is 11.3 Å². The largest absolute Gasteiger partial charge is 0.497 e. The van der Waals surface area contributed by atoms with Crippen molar-refractivity contribution in [2.45, 2.75) is 13.0 Å². The normalized spacial score (nSPS) is 14.8. The smallest absolute Gasteiger partial charge is 0.338 e. The number of thiazole rings is 1. The van der Waals surface area contributed by atoms with Crippen molar-refractivity contribution in [2.75, 3.05) is 13.7 Å². The van der Waals surface area contributed by atoms with E-state index in [9.17, 15) is 9.59 Å². The summed E-state index contributed by atoms with van der Waals surface area (Å²) in [5.74, 6) is 1.32. The quantitative estimate of drug-likeness (QED) is 0.159. The van der Waals surface area contributed by atoms with E-state index in [4.69, 9.17) is 18.9 Å². The molecule has 3 aromatic carbocycles.